The van der Waals surface area contributed by atoms with E-state index < -0.39 is 36.2 Å². The Morgan fingerprint density at radius 2 is 2.19 bits per heavy atom. The molecule has 6 nitrogen and oxygen atoms in total. The second-order valence-corrected chi connectivity index (χ2v) is 6.70. The van der Waals surface area contributed by atoms with Crippen LogP contribution in [-0.2, 0) is 19.1 Å². The molecular weight excluding hydrogens is 336 g/mol. The lowest BCUT2D eigenvalue weighted by atomic mass is 9.83. The average Bonchev–Trinajstić information content (AvgIpc) is 2.88. The van der Waals surface area contributed by atoms with Gasteiger partial charge in [0.25, 0.3) is 0 Å². The van der Waals surface area contributed by atoms with Crippen LogP contribution in [0.25, 0.3) is 0 Å². The van der Waals surface area contributed by atoms with E-state index in [9.17, 15) is 19.8 Å². The van der Waals surface area contributed by atoms with Crippen LogP contribution < -0.4 is 0 Å². The Hall–Kier alpha value is -2.18. The van der Waals surface area contributed by atoms with Crippen molar-refractivity contribution in [1.29, 1.82) is 0 Å². The molecule has 26 heavy (non-hydrogen) atoms. The molecule has 1 aliphatic heterocycles. The second kappa shape index (κ2) is 8.47. The van der Waals surface area contributed by atoms with Gasteiger partial charge in [-0.25, -0.2) is 9.59 Å². The summed E-state index contributed by atoms with van der Waals surface area (Å²) in [5, 5.41) is 20.5. The third-order valence-electron chi connectivity index (χ3n) is 4.88. The molecule has 4 atom stereocenters. The van der Waals surface area contributed by atoms with Gasteiger partial charge in [-0.3, -0.25) is 0 Å². The third-order valence-corrected chi connectivity index (χ3v) is 4.88. The third kappa shape index (κ3) is 4.14. The van der Waals surface area contributed by atoms with Gasteiger partial charge < -0.3 is 19.7 Å². The van der Waals surface area contributed by atoms with Crippen molar-refractivity contribution >= 4 is 11.9 Å². The first kappa shape index (κ1) is 20.1. The molecule has 2 N–H and O–H groups in total. The molecule has 1 saturated heterocycles. The first-order chi connectivity index (χ1) is 12.3. The Labute approximate surface area is 153 Å². The van der Waals surface area contributed by atoms with Crippen LogP contribution in [0.3, 0.4) is 0 Å². The van der Waals surface area contributed by atoms with E-state index in [1.54, 1.807) is 26.0 Å². The highest BCUT2D eigenvalue weighted by Gasteiger charge is 2.47. The minimum Gasteiger partial charge on any atom is -0.455 e. The lowest BCUT2D eigenvalue weighted by Gasteiger charge is -2.31. The SMILES string of the molecule is C=C1C(=O)O[C@@H]2C=C(C)CCC=C(CO)[C@@H](O)[C@@H](OC(=O)/C(C)=C\C)[C@@H]12. The van der Waals surface area contributed by atoms with Crippen LogP contribution in [0.1, 0.15) is 33.6 Å². The van der Waals surface area contributed by atoms with Gasteiger partial charge in [0.15, 0.2) is 0 Å². The fraction of sp³-hybridized carbons (Fsp3) is 0.500. The van der Waals surface area contributed by atoms with E-state index in [1.807, 2.05) is 13.0 Å². The van der Waals surface area contributed by atoms with E-state index in [0.717, 1.165) is 5.57 Å². The molecule has 2 rings (SSSR count). The van der Waals surface area contributed by atoms with Gasteiger partial charge in [-0.15, -0.1) is 0 Å². The van der Waals surface area contributed by atoms with E-state index in [2.05, 4.69) is 6.58 Å². The molecule has 0 bridgehead atoms. The fourth-order valence-corrected chi connectivity index (χ4v) is 3.14. The van der Waals surface area contributed by atoms with E-state index in [-0.39, 0.29) is 12.2 Å². The largest absolute Gasteiger partial charge is 0.455 e. The summed E-state index contributed by atoms with van der Waals surface area (Å²) in [4.78, 5) is 24.4. The fourth-order valence-electron chi connectivity index (χ4n) is 3.14. The number of rotatable bonds is 3. The molecule has 1 aliphatic carbocycles. The van der Waals surface area contributed by atoms with Gasteiger partial charge in [-0.1, -0.05) is 24.3 Å². The number of hydrogen-bond acceptors (Lipinski definition) is 6. The molecule has 0 amide bonds. The summed E-state index contributed by atoms with van der Waals surface area (Å²) >= 11 is 0. The zero-order valence-electron chi connectivity index (χ0n) is 15.4. The summed E-state index contributed by atoms with van der Waals surface area (Å²) in [6.45, 7) is 8.62. The van der Waals surface area contributed by atoms with Gasteiger partial charge in [0.1, 0.15) is 18.3 Å². The van der Waals surface area contributed by atoms with Crippen molar-refractivity contribution in [2.45, 2.75) is 51.9 Å². The van der Waals surface area contributed by atoms with Gasteiger partial charge >= 0.3 is 11.9 Å². The van der Waals surface area contributed by atoms with Crippen LogP contribution in [0.15, 0.2) is 47.1 Å². The van der Waals surface area contributed by atoms with E-state index in [4.69, 9.17) is 9.47 Å². The topological polar surface area (TPSA) is 93.1 Å². The number of ether oxygens (including phenoxy) is 2. The predicted octanol–water partition coefficient (Wildman–Crippen LogP) is 1.98. The van der Waals surface area contributed by atoms with Gasteiger partial charge in [-0.05, 0) is 45.3 Å². The molecule has 1 fully saturated rings. The van der Waals surface area contributed by atoms with E-state index in [1.165, 1.54) is 0 Å². The molecule has 0 aromatic rings. The van der Waals surface area contributed by atoms with Crippen molar-refractivity contribution in [3.05, 3.63) is 47.1 Å². The zero-order chi connectivity index (χ0) is 19.4. The van der Waals surface area contributed by atoms with E-state index >= 15 is 0 Å². The number of aliphatic hydroxyl groups is 2. The van der Waals surface area contributed by atoms with Crippen molar-refractivity contribution in [1.82, 2.24) is 0 Å². The number of carbonyl (C=O) groups excluding carboxylic acids is 2. The highest BCUT2D eigenvalue weighted by molar-refractivity contribution is 5.92. The van der Waals surface area contributed by atoms with Crippen LogP contribution >= 0.6 is 0 Å². The molecule has 0 unspecified atom stereocenters. The number of fused-ring (bicyclic) bond motifs is 1. The van der Waals surface area contributed by atoms with Crippen molar-refractivity contribution in [2.24, 2.45) is 5.92 Å². The molecule has 6 heteroatoms. The monoisotopic (exact) mass is 362 g/mol. The lowest BCUT2D eigenvalue weighted by Crippen LogP contribution is -2.43. The highest BCUT2D eigenvalue weighted by Crippen LogP contribution is 2.36. The summed E-state index contributed by atoms with van der Waals surface area (Å²) in [6.07, 6.45) is 3.43. The Balaban J connectivity index is 2.50. The molecular formula is C20H26O6. The smallest absolute Gasteiger partial charge is 0.334 e. The average molecular weight is 362 g/mol. The second-order valence-electron chi connectivity index (χ2n) is 6.70. The minimum atomic E-state index is -1.26. The first-order valence-electron chi connectivity index (χ1n) is 8.69. The van der Waals surface area contributed by atoms with E-state index in [0.29, 0.717) is 24.0 Å². The minimum absolute atomic E-state index is 0.145. The standard InChI is InChI=1S/C20H26O6/c1-5-12(3)19(23)26-18-16-13(4)20(24)25-15(16)9-11(2)7-6-8-14(10-21)17(18)22/h5,8-9,15-18,21-22H,4,6-7,10H2,1-3H3/b11-9?,12-5-,14-8?/t15-,16+,17-,18+/m1/s1. The molecule has 0 aromatic carbocycles. The Kier molecular flexibility index (Phi) is 6.56. The van der Waals surface area contributed by atoms with Crippen molar-refractivity contribution in [2.75, 3.05) is 6.61 Å². The van der Waals surface area contributed by atoms with Crippen LogP contribution in [0.4, 0.5) is 0 Å². The maximum absolute atomic E-state index is 12.3. The number of esters is 2. The number of allylic oxidation sites excluding steroid dienone is 3. The summed E-state index contributed by atoms with van der Waals surface area (Å²) < 4.78 is 10.9. The summed E-state index contributed by atoms with van der Waals surface area (Å²) in [5.74, 6) is -1.90. The van der Waals surface area contributed by atoms with Gasteiger partial charge in [0, 0.05) is 11.1 Å². The molecule has 142 valence electrons. The maximum Gasteiger partial charge on any atom is 0.334 e. The quantitative estimate of drug-likeness (QED) is 0.453. The van der Waals surface area contributed by atoms with Crippen LogP contribution in [-0.4, -0.2) is 47.1 Å². The van der Waals surface area contributed by atoms with Crippen LogP contribution in [0.5, 0.6) is 0 Å². The maximum atomic E-state index is 12.3. The summed E-state index contributed by atoms with van der Waals surface area (Å²) in [6, 6.07) is 0. The highest BCUT2D eigenvalue weighted by atomic mass is 16.6. The van der Waals surface area contributed by atoms with Gasteiger partial charge in [0.05, 0.1) is 12.5 Å². The molecule has 0 spiro atoms. The molecule has 1 heterocycles. The predicted molar refractivity (Wildman–Crippen MR) is 96.0 cm³/mol. The Morgan fingerprint density at radius 1 is 1.50 bits per heavy atom. The van der Waals surface area contributed by atoms with Crippen molar-refractivity contribution in [3.8, 4) is 0 Å². The number of carbonyl (C=O) groups is 2. The lowest BCUT2D eigenvalue weighted by molar-refractivity contribution is -0.153. The Bertz CT molecular complexity index is 684. The molecule has 0 radical (unpaired) electrons. The Morgan fingerprint density at radius 3 is 2.81 bits per heavy atom. The molecule has 0 saturated carbocycles. The normalized spacial score (nSPS) is 30.1. The van der Waals surface area contributed by atoms with Crippen LogP contribution in [0.2, 0.25) is 0 Å². The van der Waals surface area contributed by atoms with Crippen molar-refractivity contribution < 1.29 is 29.3 Å². The number of aliphatic hydroxyl groups excluding tert-OH is 2. The van der Waals surface area contributed by atoms with Gasteiger partial charge in [-0.2, -0.15) is 0 Å². The number of hydrogen-bond donors (Lipinski definition) is 2. The first-order valence-corrected chi connectivity index (χ1v) is 8.69. The zero-order valence-corrected chi connectivity index (χ0v) is 15.4. The summed E-state index contributed by atoms with van der Waals surface area (Å²) in [5.41, 5.74) is 1.87. The van der Waals surface area contributed by atoms with Crippen molar-refractivity contribution in [3.63, 3.8) is 0 Å². The van der Waals surface area contributed by atoms with Gasteiger partial charge in [0.2, 0.25) is 0 Å². The molecule has 0 aromatic heterocycles. The van der Waals surface area contributed by atoms with Crippen LogP contribution in [0, 0.1) is 5.92 Å². The molecule has 2 aliphatic rings. The summed E-state index contributed by atoms with van der Waals surface area (Å²) in [7, 11) is 0.